The summed E-state index contributed by atoms with van der Waals surface area (Å²) in [6.07, 6.45) is 2.40. The number of morpholine rings is 1. The Kier molecular flexibility index (Phi) is 4.52. The van der Waals surface area contributed by atoms with Gasteiger partial charge in [-0.2, -0.15) is 10.1 Å². The van der Waals surface area contributed by atoms with Gasteiger partial charge in [-0.25, -0.2) is 13.4 Å². The van der Waals surface area contributed by atoms with Crippen LogP contribution in [0.5, 0.6) is 0 Å². The molecule has 1 saturated carbocycles. The van der Waals surface area contributed by atoms with Crippen LogP contribution in [-0.4, -0.2) is 60.6 Å². The summed E-state index contributed by atoms with van der Waals surface area (Å²) in [5.41, 5.74) is 0.516. The zero-order valence-corrected chi connectivity index (χ0v) is 16.6. The van der Waals surface area contributed by atoms with Gasteiger partial charge in [0.25, 0.3) is 0 Å². The van der Waals surface area contributed by atoms with Gasteiger partial charge in [0, 0.05) is 24.9 Å². The third kappa shape index (κ3) is 3.48. The predicted molar refractivity (Wildman–Crippen MR) is 102 cm³/mol. The molecule has 0 spiro atoms. The smallest absolute Gasteiger partial charge is 0.230 e. The van der Waals surface area contributed by atoms with Crippen molar-refractivity contribution in [2.75, 3.05) is 36.2 Å². The Morgan fingerprint density at radius 3 is 2.74 bits per heavy atom. The molecule has 2 fully saturated rings. The van der Waals surface area contributed by atoms with Crippen molar-refractivity contribution in [1.82, 2.24) is 20.2 Å². The molecule has 0 radical (unpaired) electrons. The van der Waals surface area contributed by atoms with E-state index in [4.69, 9.17) is 16.3 Å². The van der Waals surface area contributed by atoms with E-state index in [1.807, 2.05) is 6.92 Å². The van der Waals surface area contributed by atoms with Crippen molar-refractivity contribution in [3.63, 3.8) is 0 Å². The Bertz CT molecular complexity index is 959. The Labute approximate surface area is 162 Å². The van der Waals surface area contributed by atoms with E-state index in [1.54, 1.807) is 12.1 Å². The zero-order valence-electron chi connectivity index (χ0n) is 15.1. The summed E-state index contributed by atoms with van der Waals surface area (Å²) >= 11 is 5.85. The second-order valence-electron chi connectivity index (χ2n) is 7.05. The van der Waals surface area contributed by atoms with Crippen molar-refractivity contribution in [3.8, 4) is 0 Å². The Balaban J connectivity index is 1.76. The van der Waals surface area contributed by atoms with Crippen molar-refractivity contribution >= 4 is 39.0 Å². The molecule has 1 aliphatic carbocycles. The molecule has 146 valence electrons. The van der Waals surface area contributed by atoms with Crippen LogP contribution in [0.4, 0.5) is 17.6 Å². The molecule has 0 aromatic carbocycles. The first-order valence-corrected chi connectivity index (χ1v) is 11.0. The van der Waals surface area contributed by atoms with Gasteiger partial charge in [0.05, 0.1) is 24.9 Å². The van der Waals surface area contributed by atoms with E-state index in [2.05, 4.69) is 30.4 Å². The lowest BCUT2D eigenvalue weighted by Gasteiger charge is -2.34. The molecule has 27 heavy (non-hydrogen) atoms. The van der Waals surface area contributed by atoms with E-state index in [0.717, 1.165) is 0 Å². The van der Waals surface area contributed by atoms with E-state index in [1.165, 1.54) is 6.26 Å². The van der Waals surface area contributed by atoms with Gasteiger partial charge in [0.2, 0.25) is 5.95 Å². The number of anilines is 3. The lowest BCUT2D eigenvalue weighted by atomic mass is 10.2. The third-order valence-electron chi connectivity index (χ3n) is 5.05. The molecule has 0 bridgehead atoms. The summed E-state index contributed by atoms with van der Waals surface area (Å²) in [6, 6.07) is 3.53. The fourth-order valence-corrected chi connectivity index (χ4v) is 4.83. The van der Waals surface area contributed by atoms with Gasteiger partial charge in [-0.15, -0.1) is 0 Å². The number of rotatable bonds is 5. The highest BCUT2D eigenvalue weighted by Gasteiger charge is 2.55. The van der Waals surface area contributed by atoms with Gasteiger partial charge in [0.1, 0.15) is 16.4 Å². The van der Waals surface area contributed by atoms with Crippen LogP contribution < -0.4 is 10.2 Å². The molecule has 2 aromatic rings. The molecule has 11 heteroatoms. The minimum absolute atomic E-state index is 0.129. The number of H-pyrrole nitrogens is 1. The predicted octanol–water partition coefficient (Wildman–Crippen LogP) is 1.86. The number of nitrogens with one attached hydrogen (secondary N) is 2. The van der Waals surface area contributed by atoms with E-state index in [9.17, 15) is 8.42 Å². The largest absolute Gasteiger partial charge is 0.377 e. The molecule has 0 unspecified atom stereocenters. The van der Waals surface area contributed by atoms with E-state index < -0.39 is 14.6 Å². The highest BCUT2D eigenvalue weighted by molar-refractivity contribution is 7.91. The molecule has 1 aliphatic heterocycles. The number of ether oxygens (including phenoxy) is 1. The average molecular weight is 413 g/mol. The molecule has 1 saturated heterocycles. The first kappa shape index (κ1) is 18.5. The maximum atomic E-state index is 12.4. The van der Waals surface area contributed by atoms with Crippen LogP contribution in [0.25, 0.3) is 0 Å². The summed E-state index contributed by atoms with van der Waals surface area (Å²) in [4.78, 5) is 11.2. The summed E-state index contributed by atoms with van der Waals surface area (Å²) < 4.78 is 29.4. The zero-order chi connectivity index (χ0) is 19.2. The molecule has 2 aromatic heterocycles. The van der Waals surface area contributed by atoms with Crippen LogP contribution in [0.3, 0.4) is 0 Å². The Morgan fingerprint density at radius 2 is 2.15 bits per heavy atom. The van der Waals surface area contributed by atoms with Crippen molar-refractivity contribution < 1.29 is 13.2 Å². The Hall–Kier alpha value is -1.91. The number of sulfone groups is 1. The number of hydrogen-bond acceptors (Lipinski definition) is 8. The minimum Gasteiger partial charge on any atom is -0.377 e. The summed E-state index contributed by atoms with van der Waals surface area (Å²) in [6.45, 7) is 3.92. The van der Waals surface area contributed by atoms with Crippen LogP contribution in [0.2, 0.25) is 5.15 Å². The van der Waals surface area contributed by atoms with E-state index in [-0.39, 0.29) is 6.04 Å². The highest BCUT2D eigenvalue weighted by Crippen LogP contribution is 2.52. The maximum absolute atomic E-state index is 12.4. The molecule has 2 aliphatic rings. The van der Waals surface area contributed by atoms with Crippen LogP contribution in [-0.2, 0) is 19.3 Å². The average Bonchev–Trinajstić information content (AvgIpc) is 3.34. The topological polar surface area (TPSA) is 113 Å². The second kappa shape index (κ2) is 6.61. The fourth-order valence-electron chi connectivity index (χ4n) is 3.35. The van der Waals surface area contributed by atoms with E-state index >= 15 is 0 Å². The van der Waals surface area contributed by atoms with Crippen LogP contribution in [0.1, 0.15) is 25.5 Å². The molecular weight excluding hydrogens is 392 g/mol. The molecule has 3 heterocycles. The first-order chi connectivity index (χ1) is 12.8. The van der Waals surface area contributed by atoms with E-state index in [0.29, 0.717) is 61.0 Å². The van der Waals surface area contributed by atoms with Crippen LogP contribution >= 0.6 is 11.6 Å². The fraction of sp³-hybridized carbons (Fsp3) is 0.562. The number of aromatic nitrogens is 4. The lowest BCUT2D eigenvalue weighted by molar-refractivity contribution is 0.0985. The summed E-state index contributed by atoms with van der Waals surface area (Å²) in [5.74, 6) is 1.51. The van der Waals surface area contributed by atoms with Gasteiger partial charge in [-0.3, -0.25) is 5.10 Å². The van der Waals surface area contributed by atoms with Crippen LogP contribution in [0.15, 0.2) is 12.1 Å². The van der Waals surface area contributed by atoms with Gasteiger partial charge in [0.15, 0.2) is 15.0 Å². The standard InChI is InChI=1S/C16H21ClN6O3S/c1-10-9-26-6-5-23(10)14-7-11(16(3-4-16)27(2,24)25)18-15(20-14)19-13-8-12(17)21-22-13/h7-8,10H,3-6,9H2,1-2H3,(H2,18,19,20,21,22)/t10-/m1/s1. The number of aromatic amines is 1. The SMILES string of the molecule is C[C@@H]1COCCN1c1cc(C2(S(C)(=O)=O)CC2)nc(Nc2cc(Cl)n[nH]2)n1. The molecule has 2 N–H and O–H groups in total. The molecular formula is C16H21ClN6O3S. The number of hydrogen-bond donors (Lipinski definition) is 2. The lowest BCUT2D eigenvalue weighted by Crippen LogP contribution is -2.44. The normalized spacial score (nSPS) is 21.9. The van der Waals surface area contributed by atoms with Gasteiger partial charge in [-0.05, 0) is 19.8 Å². The molecule has 1 atom stereocenters. The molecule has 9 nitrogen and oxygen atoms in total. The van der Waals surface area contributed by atoms with Gasteiger partial charge in [-0.1, -0.05) is 11.6 Å². The van der Waals surface area contributed by atoms with Gasteiger partial charge < -0.3 is 15.0 Å². The second-order valence-corrected chi connectivity index (χ2v) is 9.76. The monoisotopic (exact) mass is 412 g/mol. The summed E-state index contributed by atoms with van der Waals surface area (Å²) in [7, 11) is -3.29. The third-order valence-corrected chi connectivity index (χ3v) is 7.28. The number of nitrogens with zero attached hydrogens (tertiary/aromatic N) is 4. The minimum atomic E-state index is -3.29. The first-order valence-electron chi connectivity index (χ1n) is 8.70. The highest BCUT2D eigenvalue weighted by atomic mass is 35.5. The van der Waals surface area contributed by atoms with Crippen molar-refractivity contribution in [3.05, 3.63) is 23.0 Å². The van der Waals surface area contributed by atoms with Crippen molar-refractivity contribution in [2.45, 2.75) is 30.6 Å². The Morgan fingerprint density at radius 1 is 1.37 bits per heavy atom. The number of halogens is 1. The van der Waals surface area contributed by atoms with Crippen LogP contribution in [0, 0.1) is 0 Å². The maximum Gasteiger partial charge on any atom is 0.230 e. The van der Waals surface area contributed by atoms with Crippen molar-refractivity contribution in [1.29, 1.82) is 0 Å². The molecule has 4 rings (SSSR count). The van der Waals surface area contributed by atoms with Gasteiger partial charge >= 0.3 is 0 Å². The van der Waals surface area contributed by atoms with Crippen molar-refractivity contribution in [2.24, 2.45) is 0 Å². The molecule has 0 amide bonds. The quantitative estimate of drug-likeness (QED) is 0.764. The summed E-state index contributed by atoms with van der Waals surface area (Å²) in [5, 5.41) is 9.94.